The Morgan fingerprint density at radius 3 is 2.52 bits per heavy atom. The van der Waals surface area contributed by atoms with Crippen LogP contribution >= 0.6 is 24.0 Å². The molecule has 25 heavy (non-hydrogen) atoms. The Labute approximate surface area is 170 Å². The SMILES string of the molecule is CN=C(NCC1CCN(CCOC)CC1)NC(C)CCS(C)(=O)=O.I. The molecule has 1 atom stereocenters. The quantitative estimate of drug-likeness (QED) is 0.285. The highest BCUT2D eigenvalue weighted by molar-refractivity contribution is 14.0. The Hall–Kier alpha value is -0.130. The zero-order valence-electron chi connectivity index (χ0n) is 16.0. The summed E-state index contributed by atoms with van der Waals surface area (Å²) < 4.78 is 27.6. The van der Waals surface area contributed by atoms with Crippen molar-refractivity contribution < 1.29 is 13.2 Å². The van der Waals surface area contributed by atoms with Crippen LogP contribution in [0.3, 0.4) is 0 Å². The maximum absolute atomic E-state index is 11.2. The Kier molecular flexibility index (Phi) is 13.0. The molecular weight excluding hydrogens is 455 g/mol. The first-order valence-electron chi connectivity index (χ1n) is 8.70. The largest absolute Gasteiger partial charge is 0.383 e. The molecule has 0 aromatic rings. The number of methoxy groups -OCH3 is 1. The van der Waals surface area contributed by atoms with Gasteiger partial charge >= 0.3 is 0 Å². The molecular formula is C16H35IN4O3S. The first-order valence-corrected chi connectivity index (χ1v) is 10.8. The minimum absolute atomic E-state index is 0. The number of nitrogens with zero attached hydrogens (tertiary/aromatic N) is 2. The number of ether oxygens (including phenoxy) is 1. The zero-order valence-corrected chi connectivity index (χ0v) is 19.1. The van der Waals surface area contributed by atoms with Crippen LogP contribution < -0.4 is 10.6 Å². The summed E-state index contributed by atoms with van der Waals surface area (Å²) in [7, 11) is 0.567. The van der Waals surface area contributed by atoms with Crippen LogP contribution in [0, 0.1) is 5.92 Å². The lowest BCUT2D eigenvalue weighted by Gasteiger charge is -2.32. The second kappa shape index (κ2) is 13.1. The van der Waals surface area contributed by atoms with Gasteiger partial charge in [0.05, 0.1) is 12.4 Å². The van der Waals surface area contributed by atoms with E-state index in [1.165, 1.54) is 19.1 Å². The lowest BCUT2D eigenvalue weighted by atomic mass is 9.97. The first kappa shape index (κ1) is 24.9. The van der Waals surface area contributed by atoms with Crippen LogP contribution in [0.5, 0.6) is 0 Å². The van der Waals surface area contributed by atoms with Gasteiger partial charge in [-0.25, -0.2) is 8.42 Å². The van der Waals surface area contributed by atoms with Crippen LogP contribution in [0.4, 0.5) is 0 Å². The molecule has 0 spiro atoms. The van der Waals surface area contributed by atoms with Gasteiger partial charge in [0.25, 0.3) is 0 Å². The van der Waals surface area contributed by atoms with Crippen LogP contribution in [0.25, 0.3) is 0 Å². The molecule has 1 aliphatic rings. The topological polar surface area (TPSA) is 83.0 Å². The van der Waals surface area contributed by atoms with Crippen LogP contribution in [-0.2, 0) is 14.6 Å². The molecule has 0 bridgehead atoms. The smallest absolute Gasteiger partial charge is 0.191 e. The summed E-state index contributed by atoms with van der Waals surface area (Å²) >= 11 is 0. The van der Waals surface area contributed by atoms with Crippen molar-refractivity contribution in [3.8, 4) is 0 Å². The molecule has 1 saturated heterocycles. The predicted octanol–water partition coefficient (Wildman–Crippen LogP) is 0.951. The minimum atomic E-state index is -2.92. The van der Waals surface area contributed by atoms with Crippen molar-refractivity contribution in [3.05, 3.63) is 0 Å². The first-order chi connectivity index (χ1) is 11.3. The molecule has 1 unspecified atom stereocenters. The van der Waals surface area contributed by atoms with E-state index in [0.717, 1.165) is 38.7 Å². The van der Waals surface area contributed by atoms with Crippen LogP contribution in [0.2, 0.25) is 0 Å². The van der Waals surface area contributed by atoms with Crippen molar-refractivity contribution in [1.29, 1.82) is 0 Å². The molecule has 0 aromatic heterocycles. The Morgan fingerprint density at radius 2 is 2.00 bits per heavy atom. The van der Waals surface area contributed by atoms with Crippen molar-refractivity contribution in [1.82, 2.24) is 15.5 Å². The fourth-order valence-electron chi connectivity index (χ4n) is 2.77. The fraction of sp³-hybridized carbons (Fsp3) is 0.938. The third-order valence-electron chi connectivity index (χ3n) is 4.41. The van der Waals surface area contributed by atoms with E-state index in [4.69, 9.17) is 4.74 Å². The second-order valence-electron chi connectivity index (χ2n) is 6.69. The highest BCUT2D eigenvalue weighted by Crippen LogP contribution is 2.15. The van der Waals surface area contributed by atoms with Gasteiger partial charge in [-0.2, -0.15) is 0 Å². The molecule has 0 aromatic carbocycles. The number of piperidine rings is 1. The number of sulfone groups is 1. The van der Waals surface area contributed by atoms with E-state index >= 15 is 0 Å². The molecule has 1 rings (SSSR count). The lowest BCUT2D eigenvalue weighted by Crippen LogP contribution is -2.46. The van der Waals surface area contributed by atoms with Gasteiger partial charge in [-0.15, -0.1) is 24.0 Å². The number of hydrogen-bond donors (Lipinski definition) is 2. The normalized spacial score (nSPS) is 18.5. The van der Waals surface area contributed by atoms with Gasteiger partial charge < -0.3 is 20.3 Å². The number of nitrogens with one attached hydrogen (secondary N) is 2. The zero-order chi connectivity index (χ0) is 18.0. The van der Waals surface area contributed by atoms with Crippen molar-refractivity contribution >= 4 is 39.8 Å². The average Bonchev–Trinajstić information content (AvgIpc) is 2.55. The molecule has 150 valence electrons. The average molecular weight is 490 g/mol. The predicted molar refractivity (Wildman–Crippen MR) is 115 cm³/mol. The van der Waals surface area contributed by atoms with E-state index in [-0.39, 0.29) is 35.8 Å². The second-order valence-corrected chi connectivity index (χ2v) is 8.95. The van der Waals surface area contributed by atoms with E-state index in [1.54, 1.807) is 14.2 Å². The summed E-state index contributed by atoms with van der Waals surface area (Å²) in [5, 5.41) is 6.63. The summed E-state index contributed by atoms with van der Waals surface area (Å²) in [5.74, 6) is 1.59. The van der Waals surface area contributed by atoms with E-state index in [0.29, 0.717) is 12.3 Å². The van der Waals surface area contributed by atoms with Gasteiger partial charge in [-0.3, -0.25) is 4.99 Å². The number of guanidine groups is 1. The molecule has 7 nitrogen and oxygen atoms in total. The van der Waals surface area contributed by atoms with Crippen LogP contribution in [-0.4, -0.2) is 84.3 Å². The molecule has 1 fully saturated rings. The summed E-state index contributed by atoms with van der Waals surface area (Å²) in [4.78, 5) is 6.68. The van der Waals surface area contributed by atoms with Crippen LogP contribution in [0.15, 0.2) is 4.99 Å². The number of likely N-dealkylation sites (tertiary alicyclic amines) is 1. The third kappa shape index (κ3) is 12.0. The molecule has 2 N–H and O–H groups in total. The van der Waals surface area contributed by atoms with E-state index in [2.05, 4.69) is 20.5 Å². The number of hydrogen-bond acceptors (Lipinski definition) is 5. The molecule has 0 aliphatic carbocycles. The maximum atomic E-state index is 11.2. The molecule has 1 heterocycles. The van der Waals surface area contributed by atoms with Gasteiger partial charge in [-0.05, 0) is 45.2 Å². The summed E-state index contributed by atoms with van der Waals surface area (Å²) in [6.45, 7) is 6.92. The van der Waals surface area contributed by atoms with Crippen molar-refractivity contribution in [2.75, 3.05) is 59.0 Å². The molecule has 9 heteroatoms. The van der Waals surface area contributed by atoms with E-state index in [1.807, 2.05) is 6.92 Å². The highest BCUT2D eigenvalue weighted by atomic mass is 127. The van der Waals surface area contributed by atoms with Gasteiger partial charge in [-0.1, -0.05) is 0 Å². The molecule has 0 radical (unpaired) electrons. The van der Waals surface area contributed by atoms with Gasteiger partial charge in [0, 0.05) is 39.5 Å². The monoisotopic (exact) mass is 490 g/mol. The van der Waals surface area contributed by atoms with Crippen molar-refractivity contribution in [2.24, 2.45) is 10.9 Å². The lowest BCUT2D eigenvalue weighted by molar-refractivity contribution is 0.121. The fourth-order valence-corrected chi connectivity index (χ4v) is 3.55. The Bertz CT molecular complexity index is 480. The van der Waals surface area contributed by atoms with Crippen LogP contribution in [0.1, 0.15) is 26.2 Å². The number of halogens is 1. The van der Waals surface area contributed by atoms with Crippen molar-refractivity contribution in [2.45, 2.75) is 32.2 Å². The molecule has 1 aliphatic heterocycles. The Balaban J connectivity index is 0.00000576. The van der Waals surface area contributed by atoms with Gasteiger partial charge in [0.2, 0.25) is 0 Å². The summed E-state index contributed by atoms with van der Waals surface area (Å²) in [6.07, 6.45) is 4.21. The molecule has 0 saturated carbocycles. The van der Waals surface area contributed by atoms with Gasteiger partial charge in [0.15, 0.2) is 5.96 Å². The highest BCUT2D eigenvalue weighted by Gasteiger charge is 2.19. The summed E-state index contributed by atoms with van der Waals surface area (Å²) in [6, 6.07) is 0.0711. The minimum Gasteiger partial charge on any atom is -0.383 e. The molecule has 0 amide bonds. The Morgan fingerprint density at radius 1 is 1.36 bits per heavy atom. The standard InChI is InChI=1S/C16H34N4O3S.HI/c1-14(7-12-24(4,21)22)19-16(17-2)18-13-15-5-8-20(9-6-15)10-11-23-3;/h14-15H,5-13H2,1-4H3,(H2,17,18,19);1H. The van der Waals surface area contributed by atoms with E-state index in [9.17, 15) is 8.42 Å². The van der Waals surface area contributed by atoms with Gasteiger partial charge in [0.1, 0.15) is 9.84 Å². The van der Waals surface area contributed by atoms with Crippen molar-refractivity contribution in [3.63, 3.8) is 0 Å². The third-order valence-corrected chi connectivity index (χ3v) is 5.38. The van der Waals surface area contributed by atoms with E-state index < -0.39 is 9.84 Å². The number of rotatable bonds is 9. The maximum Gasteiger partial charge on any atom is 0.191 e. The summed E-state index contributed by atoms with van der Waals surface area (Å²) in [5.41, 5.74) is 0. The number of aliphatic imine (C=N–C) groups is 1.